The molecular formula is C12H23F3N2O. The van der Waals surface area contributed by atoms with E-state index in [1.54, 1.807) is 0 Å². The van der Waals surface area contributed by atoms with Crippen molar-refractivity contribution in [3.8, 4) is 0 Å². The van der Waals surface area contributed by atoms with Gasteiger partial charge in [0, 0.05) is 12.5 Å². The molecule has 0 aliphatic carbocycles. The summed E-state index contributed by atoms with van der Waals surface area (Å²) in [5, 5.41) is 3.02. The zero-order chi connectivity index (χ0) is 14.2. The van der Waals surface area contributed by atoms with Gasteiger partial charge in [-0.1, -0.05) is 13.8 Å². The number of alkyl halides is 3. The monoisotopic (exact) mass is 268 g/mol. The minimum Gasteiger partial charge on any atom is -0.308 e. The van der Waals surface area contributed by atoms with Crippen LogP contribution in [-0.4, -0.2) is 49.6 Å². The van der Waals surface area contributed by atoms with Gasteiger partial charge in [0.2, 0.25) is 0 Å². The normalized spacial score (nSPS) is 12.4. The summed E-state index contributed by atoms with van der Waals surface area (Å²) in [6.45, 7) is 3.73. The molecule has 108 valence electrons. The highest BCUT2D eigenvalue weighted by molar-refractivity contribution is 5.80. The largest absolute Gasteiger partial charge is 0.401 e. The van der Waals surface area contributed by atoms with E-state index in [0.29, 0.717) is 32.4 Å². The maximum Gasteiger partial charge on any atom is 0.401 e. The molecule has 0 aliphatic rings. The maximum absolute atomic E-state index is 12.0. The van der Waals surface area contributed by atoms with Gasteiger partial charge in [0.1, 0.15) is 5.78 Å². The third-order valence-electron chi connectivity index (χ3n) is 2.40. The molecule has 1 N–H and O–H groups in total. The van der Waals surface area contributed by atoms with Crippen molar-refractivity contribution in [3.63, 3.8) is 0 Å². The first kappa shape index (κ1) is 17.4. The third kappa shape index (κ3) is 11.9. The van der Waals surface area contributed by atoms with Crippen molar-refractivity contribution in [2.75, 3.05) is 26.7 Å². The fraction of sp³-hybridized carbons (Fsp3) is 0.917. The summed E-state index contributed by atoms with van der Waals surface area (Å²) < 4.78 is 36.0. The van der Waals surface area contributed by atoms with E-state index < -0.39 is 12.7 Å². The molecule has 0 amide bonds. The fourth-order valence-electron chi connectivity index (χ4n) is 1.50. The standard InChI is InChI=1S/C12H23F3N2O/c1-10(2)16-8-11(18)6-4-5-7-17(3)9-12(13,14)15/h10,16H,4-9H2,1-3H3. The van der Waals surface area contributed by atoms with Crippen LogP contribution in [0.15, 0.2) is 0 Å². The number of halogens is 3. The Bertz CT molecular complexity index is 242. The second-order valence-corrected chi connectivity index (χ2v) is 4.88. The van der Waals surface area contributed by atoms with Crippen LogP contribution in [0.25, 0.3) is 0 Å². The lowest BCUT2D eigenvalue weighted by Crippen LogP contribution is -2.32. The van der Waals surface area contributed by atoms with Crippen LogP contribution < -0.4 is 5.32 Å². The first-order valence-corrected chi connectivity index (χ1v) is 6.21. The smallest absolute Gasteiger partial charge is 0.308 e. The van der Waals surface area contributed by atoms with Crippen LogP contribution in [0.1, 0.15) is 33.1 Å². The summed E-state index contributed by atoms with van der Waals surface area (Å²) in [4.78, 5) is 12.6. The van der Waals surface area contributed by atoms with E-state index in [4.69, 9.17) is 0 Å². The molecule has 0 aromatic rings. The van der Waals surface area contributed by atoms with E-state index in [9.17, 15) is 18.0 Å². The Hall–Kier alpha value is -0.620. The van der Waals surface area contributed by atoms with Crippen molar-refractivity contribution in [2.24, 2.45) is 0 Å². The van der Waals surface area contributed by atoms with Crippen molar-refractivity contribution >= 4 is 5.78 Å². The van der Waals surface area contributed by atoms with E-state index >= 15 is 0 Å². The molecule has 0 aromatic carbocycles. The lowest BCUT2D eigenvalue weighted by atomic mass is 10.1. The number of ketones is 1. The highest BCUT2D eigenvalue weighted by Crippen LogP contribution is 2.15. The zero-order valence-corrected chi connectivity index (χ0v) is 11.3. The molecule has 0 spiro atoms. The highest BCUT2D eigenvalue weighted by Gasteiger charge is 2.28. The lowest BCUT2D eigenvalue weighted by molar-refractivity contribution is -0.143. The maximum atomic E-state index is 12.0. The predicted octanol–water partition coefficient (Wildman–Crippen LogP) is 2.22. The number of nitrogens with zero attached hydrogens (tertiary/aromatic N) is 1. The van der Waals surface area contributed by atoms with Crippen LogP contribution in [0.3, 0.4) is 0 Å². The van der Waals surface area contributed by atoms with Crippen LogP contribution in [0.2, 0.25) is 0 Å². The van der Waals surface area contributed by atoms with Crippen molar-refractivity contribution < 1.29 is 18.0 Å². The minimum atomic E-state index is -4.15. The number of Topliss-reactive ketones (excluding diaryl/α,β-unsaturated/α-hetero) is 1. The van der Waals surface area contributed by atoms with E-state index in [1.165, 1.54) is 11.9 Å². The van der Waals surface area contributed by atoms with Crippen LogP contribution in [0.4, 0.5) is 13.2 Å². The second kappa shape index (κ2) is 8.48. The molecule has 0 saturated carbocycles. The van der Waals surface area contributed by atoms with Gasteiger partial charge in [0.15, 0.2) is 0 Å². The van der Waals surface area contributed by atoms with Gasteiger partial charge in [-0.15, -0.1) is 0 Å². The van der Waals surface area contributed by atoms with Crippen LogP contribution in [0.5, 0.6) is 0 Å². The number of hydrogen-bond donors (Lipinski definition) is 1. The highest BCUT2D eigenvalue weighted by atomic mass is 19.4. The first-order valence-electron chi connectivity index (χ1n) is 6.21. The van der Waals surface area contributed by atoms with Gasteiger partial charge < -0.3 is 5.32 Å². The fourth-order valence-corrected chi connectivity index (χ4v) is 1.50. The molecule has 0 rings (SSSR count). The van der Waals surface area contributed by atoms with Gasteiger partial charge in [0.05, 0.1) is 13.1 Å². The molecule has 0 unspecified atom stereocenters. The van der Waals surface area contributed by atoms with Crippen LogP contribution >= 0.6 is 0 Å². The number of nitrogens with one attached hydrogen (secondary N) is 1. The average Bonchev–Trinajstić information content (AvgIpc) is 2.19. The molecular weight excluding hydrogens is 245 g/mol. The van der Waals surface area contributed by atoms with E-state index in [0.717, 1.165) is 0 Å². The Kier molecular flexibility index (Phi) is 8.18. The molecule has 0 atom stereocenters. The summed E-state index contributed by atoms with van der Waals surface area (Å²) in [5.41, 5.74) is 0. The number of carbonyl (C=O) groups is 1. The summed E-state index contributed by atoms with van der Waals surface area (Å²) in [6, 6.07) is 0.270. The molecule has 0 saturated heterocycles. The third-order valence-corrected chi connectivity index (χ3v) is 2.40. The zero-order valence-electron chi connectivity index (χ0n) is 11.3. The van der Waals surface area contributed by atoms with E-state index in [1.807, 2.05) is 13.8 Å². The van der Waals surface area contributed by atoms with Gasteiger partial charge in [-0.3, -0.25) is 9.69 Å². The predicted molar refractivity (Wildman–Crippen MR) is 65.5 cm³/mol. The first-order chi connectivity index (χ1) is 8.20. The van der Waals surface area contributed by atoms with Crippen molar-refractivity contribution in [3.05, 3.63) is 0 Å². The summed E-state index contributed by atoms with van der Waals surface area (Å²) in [5.74, 6) is 0.113. The molecule has 0 bridgehead atoms. The van der Waals surface area contributed by atoms with Gasteiger partial charge in [0.25, 0.3) is 0 Å². The van der Waals surface area contributed by atoms with Crippen molar-refractivity contribution in [2.45, 2.75) is 45.3 Å². The van der Waals surface area contributed by atoms with Crippen molar-refractivity contribution in [1.82, 2.24) is 10.2 Å². The molecule has 6 heteroatoms. The molecule has 3 nitrogen and oxygen atoms in total. The summed E-state index contributed by atoms with van der Waals surface area (Å²) in [7, 11) is 1.44. The number of rotatable bonds is 9. The van der Waals surface area contributed by atoms with Gasteiger partial charge in [-0.25, -0.2) is 0 Å². The number of carbonyl (C=O) groups excluding carboxylic acids is 1. The molecule has 0 heterocycles. The van der Waals surface area contributed by atoms with Gasteiger partial charge in [-0.05, 0) is 26.4 Å². The van der Waals surface area contributed by atoms with E-state index in [-0.39, 0.29) is 11.8 Å². The molecule has 0 radical (unpaired) electrons. The summed E-state index contributed by atoms with van der Waals surface area (Å²) in [6.07, 6.45) is -2.47. The Labute approximate surface area is 107 Å². The molecule has 0 aliphatic heterocycles. The Balaban J connectivity index is 3.52. The number of hydrogen-bond acceptors (Lipinski definition) is 3. The van der Waals surface area contributed by atoms with Gasteiger partial charge in [-0.2, -0.15) is 13.2 Å². The Morgan fingerprint density at radius 1 is 1.28 bits per heavy atom. The Morgan fingerprint density at radius 2 is 1.89 bits per heavy atom. The van der Waals surface area contributed by atoms with E-state index in [2.05, 4.69) is 5.32 Å². The lowest BCUT2D eigenvalue weighted by Gasteiger charge is -2.18. The topological polar surface area (TPSA) is 32.3 Å². The van der Waals surface area contributed by atoms with Crippen LogP contribution in [-0.2, 0) is 4.79 Å². The average molecular weight is 268 g/mol. The minimum absolute atomic E-state index is 0.113. The van der Waals surface area contributed by atoms with Crippen molar-refractivity contribution in [1.29, 1.82) is 0 Å². The number of unbranched alkanes of at least 4 members (excludes halogenated alkanes) is 1. The van der Waals surface area contributed by atoms with Gasteiger partial charge >= 0.3 is 6.18 Å². The quantitative estimate of drug-likeness (QED) is 0.651. The summed E-state index contributed by atoms with van der Waals surface area (Å²) >= 11 is 0. The molecule has 18 heavy (non-hydrogen) atoms. The molecule has 0 fully saturated rings. The molecule has 0 aromatic heterocycles. The second-order valence-electron chi connectivity index (χ2n) is 4.88. The van der Waals surface area contributed by atoms with Crippen LogP contribution in [0, 0.1) is 0 Å². The SMILES string of the molecule is CC(C)NCC(=O)CCCCN(C)CC(F)(F)F. The Morgan fingerprint density at radius 3 is 2.39 bits per heavy atom.